The molecule has 4 nitrogen and oxygen atoms in total. The van der Waals surface area contributed by atoms with E-state index in [-0.39, 0.29) is 0 Å². The average Bonchev–Trinajstić information content (AvgIpc) is 2.19. The lowest BCUT2D eigenvalue weighted by Gasteiger charge is -2.20. The summed E-state index contributed by atoms with van der Waals surface area (Å²) >= 11 is 0. The maximum atomic E-state index is 8.50. The number of anilines is 1. The molecule has 0 radical (unpaired) electrons. The topological polar surface area (TPSA) is 52.8 Å². The fraction of sp³-hybridized carbons (Fsp3) is 0.500. The van der Waals surface area contributed by atoms with Gasteiger partial charge in [0.25, 0.3) is 0 Å². The highest BCUT2D eigenvalue weighted by Crippen LogP contribution is 2.10. The Morgan fingerprint density at radius 3 is 2.86 bits per heavy atom. The third-order valence-corrected chi connectivity index (χ3v) is 1.99. The summed E-state index contributed by atoms with van der Waals surface area (Å²) in [5, 5.41) is 8.50. The van der Waals surface area contributed by atoms with Gasteiger partial charge in [0.1, 0.15) is 12.1 Å². The highest BCUT2D eigenvalue weighted by atomic mass is 15.2. The molecule has 0 aliphatic carbocycles. The van der Waals surface area contributed by atoms with Crippen LogP contribution in [-0.2, 0) is 0 Å². The number of rotatable bonds is 4. The number of aryl methyl sites for hydroxylation is 1. The molecule has 0 aliphatic rings. The van der Waals surface area contributed by atoms with Gasteiger partial charge in [0.15, 0.2) is 0 Å². The van der Waals surface area contributed by atoms with E-state index in [1.165, 1.54) is 0 Å². The normalized spacial score (nSPS) is 9.50. The molecule has 4 heteroatoms. The van der Waals surface area contributed by atoms with Crippen LogP contribution >= 0.6 is 0 Å². The summed E-state index contributed by atoms with van der Waals surface area (Å²) in [6.45, 7) is 5.57. The molecular weight excluding hydrogens is 176 g/mol. The lowest BCUT2D eigenvalue weighted by atomic mass is 10.3. The molecule has 0 bridgehead atoms. The predicted molar refractivity (Wildman–Crippen MR) is 54.9 cm³/mol. The Labute approximate surface area is 84.2 Å². The zero-order valence-electron chi connectivity index (χ0n) is 8.56. The summed E-state index contributed by atoms with van der Waals surface area (Å²) in [4.78, 5) is 10.3. The van der Waals surface area contributed by atoms with E-state index in [0.29, 0.717) is 6.42 Å². The first kappa shape index (κ1) is 10.5. The number of hydrogen-bond acceptors (Lipinski definition) is 4. The van der Waals surface area contributed by atoms with E-state index in [4.69, 9.17) is 5.26 Å². The molecule has 0 aromatic carbocycles. The third-order valence-electron chi connectivity index (χ3n) is 1.99. The van der Waals surface area contributed by atoms with Crippen LogP contribution in [0.2, 0.25) is 0 Å². The van der Waals surface area contributed by atoms with Crippen molar-refractivity contribution in [3.63, 3.8) is 0 Å². The Kier molecular flexibility index (Phi) is 3.86. The fourth-order valence-electron chi connectivity index (χ4n) is 1.23. The van der Waals surface area contributed by atoms with Crippen LogP contribution in [0.25, 0.3) is 0 Å². The smallest absolute Gasteiger partial charge is 0.132 e. The summed E-state index contributed by atoms with van der Waals surface area (Å²) in [7, 11) is 0. The molecule has 0 atom stereocenters. The van der Waals surface area contributed by atoms with Gasteiger partial charge in [-0.05, 0) is 13.8 Å². The second kappa shape index (κ2) is 5.18. The van der Waals surface area contributed by atoms with Crippen LogP contribution in [0, 0.1) is 18.3 Å². The quantitative estimate of drug-likeness (QED) is 0.722. The summed E-state index contributed by atoms with van der Waals surface area (Å²) in [5.41, 5.74) is 0.949. The van der Waals surface area contributed by atoms with Gasteiger partial charge in [0.2, 0.25) is 0 Å². The maximum Gasteiger partial charge on any atom is 0.132 e. The molecule has 0 N–H and O–H groups in total. The highest BCUT2D eigenvalue weighted by Gasteiger charge is 2.04. The molecule has 1 rings (SSSR count). The largest absolute Gasteiger partial charge is 0.356 e. The predicted octanol–water partition coefficient (Wildman–Crippen LogP) is 1.52. The maximum absolute atomic E-state index is 8.50. The zero-order chi connectivity index (χ0) is 10.4. The average molecular weight is 190 g/mol. The van der Waals surface area contributed by atoms with Gasteiger partial charge >= 0.3 is 0 Å². The van der Waals surface area contributed by atoms with Gasteiger partial charge in [-0.1, -0.05) is 0 Å². The molecule has 0 saturated carbocycles. The Morgan fingerprint density at radius 2 is 2.29 bits per heavy atom. The van der Waals surface area contributed by atoms with Gasteiger partial charge < -0.3 is 4.90 Å². The molecule has 1 aromatic heterocycles. The van der Waals surface area contributed by atoms with Gasteiger partial charge in [-0.15, -0.1) is 0 Å². The number of nitriles is 1. The fourth-order valence-corrected chi connectivity index (χ4v) is 1.23. The molecule has 0 aliphatic heterocycles. The minimum absolute atomic E-state index is 0.525. The van der Waals surface area contributed by atoms with Crippen molar-refractivity contribution in [1.29, 1.82) is 5.26 Å². The van der Waals surface area contributed by atoms with Crippen molar-refractivity contribution in [3.05, 3.63) is 18.1 Å². The van der Waals surface area contributed by atoms with Crippen molar-refractivity contribution in [1.82, 2.24) is 9.97 Å². The standard InChI is InChI=1S/C10H14N4/c1-3-14(6-4-5-11)10-7-9(2)12-8-13-10/h7-8H,3-4,6H2,1-2H3. The molecule has 1 heterocycles. The van der Waals surface area contributed by atoms with Crippen LogP contribution in [0.15, 0.2) is 12.4 Å². The van der Waals surface area contributed by atoms with E-state index in [1.54, 1.807) is 6.33 Å². The molecule has 74 valence electrons. The molecule has 14 heavy (non-hydrogen) atoms. The van der Waals surface area contributed by atoms with E-state index in [0.717, 1.165) is 24.6 Å². The Balaban J connectivity index is 2.74. The number of hydrogen-bond donors (Lipinski definition) is 0. The first-order chi connectivity index (χ1) is 6.77. The molecule has 0 saturated heterocycles. The summed E-state index contributed by atoms with van der Waals surface area (Å²) in [6.07, 6.45) is 2.08. The van der Waals surface area contributed by atoms with E-state index >= 15 is 0 Å². The summed E-state index contributed by atoms with van der Waals surface area (Å²) in [5.74, 6) is 0.898. The van der Waals surface area contributed by atoms with Crippen LogP contribution in [0.1, 0.15) is 19.0 Å². The first-order valence-corrected chi connectivity index (χ1v) is 4.68. The minimum atomic E-state index is 0.525. The molecule has 0 fully saturated rings. The highest BCUT2D eigenvalue weighted by molar-refractivity contribution is 5.38. The zero-order valence-corrected chi connectivity index (χ0v) is 8.56. The molecule has 0 spiro atoms. The molecular formula is C10H14N4. The number of nitrogens with zero attached hydrogens (tertiary/aromatic N) is 4. The molecule has 0 unspecified atom stereocenters. The van der Waals surface area contributed by atoms with Gasteiger partial charge in [0.05, 0.1) is 12.5 Å². The second-order valence-corrected chi connectivity index (χ2v) is 3.01. The van der Waals surface area contributed by atoms with Gasteiger partial charge in [-0.25, -0.2) is 9.97 Å². The Morgan fingerprint density at radius 1 is 1.50 bits per heavy atom. The van der Waals surface area contributed by atoms with Crippen LogP contribution in [-0.4, -0.2) is 23.1 Å². The van der Waals surface area contributed by atoms with E-state index in [9.17, 15) is 0 Å². The molecule has 0 amide bonds. The SMILES string of the molecule is CCN(CCC#N)c1cc(C)ncn1. The Hall–Kier alpha value is -1.63. The van der Waals surface area contributed by atoms with Crippen molar-refractivity contribution in [2.24, 2.45) is 0 Å². The van der Waals surface area contributed by atoms with Crippen molar-refractivity contribution >= 4 is 5.82 Å². The van der Waals surface area contributed by atoms with E-state index in [1.807, 2.05) is 13.0 Å². The second-order valence-electron chi connectivity index (χ2n) is 3.01. The van der Waals surface area contributed by atoms with E-state index in [2.05, 4.69) is 27.9 Å². The summed E-state index contributed by atoms with van der Waals surface area (Å²) in [6, 6.07) is 4.06. The van der Waals surface area contributed by atoms with Gasteiger partial charge in [-0.2, -0.15) is 5.26 Å². The Bertz CT molecular complexity index is 329. The van der Waals surface area contributed by atoms with E-state index < -0.39 is 0 Å². The van der Waals surface area contributed by atoms with Crippen LogP contribution in [0.4, 0.5) is 5.82 Å². The first-order valence-electron chi connectivity index (χ1n) is 4.68. The van der Waals surface area contributed by atoms with Crippen LogP contribution in [0.5, 0.6) is 0 Å². The van der Waals surface area contributed by atoms with Crippen molar-refractivity contribution in [2.45, 2.75) is 20.3 Å². The van der Waals surface area contributed by atoms with Crippen LogP contribution in [0.3, 0.4) is 0 Å². The summed E-state index contributed by atoms with van der Waals surface area (Å²) < 4.78 is 0. The van der Waals surface area contributed by atoms with Crippen molar-refractivity contribution in [2.75, 3.05) is 18.0 Å². The monoisotopic (exact) mass is 190 g/mol. The molecule has 1 aromatic rings. The lowest BCUT2D eigenvalue weighted by molar-refractivity contribution is 0.805. The van der Waals surface area contributed by atoms with Gasteiger partial charge in [-0.3, -0.25) is 0 Å². The number of aromatic nitrogens is 2. The van der Waals surface area contributed by atoms with Crippen LogP contribution < -0.4 is 4.90 Å². The van der Waals surface area contributed by atoms with Crippen molar-refractivity contribution in [3.8, 4) is 6.07 Å². The third kappa shape index (κ3) is 2.70. The lowest BCUT2D eigenvalue weighted by Crippen LogP contribution is -2.24. The van der Waals surface area contributed by atoms with Crippen molar-refractivity contribution < 1.29 is 0 Å². The van der Waals surface area contributed by atoms with Gasteiger partial charge in [0, 0.05) is 24.8 Å². The minimum Gasteiger partial charge on any atom is -0.356 e.